The largest absolute Gasteiger partial charge is 0.497 e. The second-order valence-electron chi connectivity index (χ2n) is 5.27. The first-order valence-electron chi connectivity index (χ1n) is 7.47. The Morgan fingerprint density at radius 1 is 1.12 bits per heavy atom. The van der Waals surface area contributed by atoms with Crippen molar-refractivity contribution in [2.24, 2.45) is 0 Å². The van der Waals surface area contributed by atoms with Crippen molar-refractivity contribution in [3.05, 3.63) is 58.1 Å². The number of benzene rings is 2. The third kappa shape index (κ3) is 5.66. The fourth-order valence-corrected chi connectivity index (χ4v) is 2.37. The van der Waals surface area contributed by atoms with Crippen molar-refractivity contribution in [2.45, 2.75) is 19.4 Å². The van der Waals surface area contributed by atoms with Gasteiger partial charge in [-0.3, -0.25) is 9.59 Å². The number of ether oxygens (including phenoxy) is 2. The van der Waals surface area contributed by atoms with E-state index in [9.17, 15) is 9.59 Å². The Labute approximate surface area is 155 Å². The quantitative estimate of drug-likeness (QED) is 0.764. The lowest BCUT2D eigenvalue weighted by Gasteiger charge is -2.14. The number of hydrogen-bond acceptors (Lipinski definition) is 4. The first-order chi connectivity index (χ1) is 11.9. The number of nitrogens with one attached hydrogen (secondary N) is 1. The highest BCUT2D eigenvalue weighted by molar-refractivity contribution is 6.35. The van der Waals surface area contributed by atoms with Gasteiger partial charge in [0.2, 0.25) is 0 Å². The fraction of sp³-hybridized carbons (Fsp3) is 0.222. The van der Waals surface area contributed by atoms with Crippen LogP contribution in [-0.2, 0) is 20.7 Å². The van der Waals surface area contributed by atoms with E-state index in [2.05, 4.69) is 5.32 Å². The molecule has 0 fully saturated rings. The molecule has 0 spiro atoms. The van der Waals surface area contributed by atoms with Gasteiger partial charge in [0.05, 0.1) is 24.2 Å². The van der Waals surface area contributed by atoms with E-state index in [0.29, 0.717) is 21.5 Å². The molecule has 1 N–H and O–H groups in total. The number of carbonyl (C=O) groups excluding carboxylic acids is 2. The molecule has 0 aromatic heterocycles. The predicted molar refractivity (Wildman–Crippen MR) is 97.3 cm³/mol. The van der Waals surface area contributed by atoms with Gasteiger partial charge in [-0.05, 0) is 42.8 Å². The normalized spacial score (nSPS) is 11.5. The molecule has 0 aliphatic heterocycles. The summed E-state index contributed by atoms with van der Waals surface area (Å²) < 4.78 is 10.2. The Balaban J connectivity index is 1.91. The zero-order valence-electron chi connectivity index (χ0n) is 13.7. The number of anilines is 1. The van der Waals surface area contributed by atoms with Crippen LogP contribution < -0.4 is 10.1 Å². The standard InChI is InChI=1S/C18H17Cl2NO4/c1-11(18(23)21-16-10-13(19)5-8-15(16)20)25-17(22)9-12-3-6-14(24-2)7-4-12/h3-8,10-11H,9H2,1-2H3,(H,21,23)/t11-/m1/s1. The Morgan fingerprint density at radius 2 is 1.80 bits per heavy atom. The minimum atomic E-state index is -0.971. The zero-order valence-corrected chi connectivity index (χ0v) is 15.2. The molecule has 2 aromatic rings. The molecule has 7 heteroatoms. The molecule has 1 amide bonds. The molecule has 0 aliphatic rings. The highest BCUT2D eigenvalue weighted by Crippen LogP contribution is 2.25. The molecule has 0 saturated heterocycles. The maximum Gasteiger partial charge on any atom is 0.311 e. The first-order valence-corrected chi connectivity index (χ1v) is 8.23. The maximum absolute atomic E-state index is 12.1. The van der Waals surface area contributed by atoms with E-state index < -0.39 is 18.0 Å². The van der Waals surface area contributed by atoms with E-state index in [0.717, 1.165) is 5.56 Å². The number of esters is 1. The highest BCUT2D eigenvalue weighted by Gasteiger charge is 2.19. The molecule has 0 heterocycles. The minimum absolute atomic E-state index is 0.0551. The summed E-state index contributed by atoms with van der Waals surface area (Å²) in [5, 5.41) is 3.36. The van der Waals surface area contributed by atoms with Crippen molar-refractivity contribution in [2.75, 3.05) is 12.4 Å². The van der Waals surface area contributed by atoms with E-state index >= 15 is 0 Å². The molecular formula is C18H17Cl2NO4. The molecule has 25 heavy (non-hydrogen) atoms. The summed E-state index contributed by atoms with van der Waals surface area (Å²) in [6.07, 6.45) is -0.916. The SMILES string of the molecule is COc1ccc(CC(=O)O[C@H](C)C(=O)Nc2cc(Cl)ccc2Cl)cc1. The smallest absolute Gasteiger partial charge is 0.311 e. The van der Waals surface area contributed by atoms with Gasteiger partial charge in [0.25, 0.3) is 5.91 Å². The lowest BCUT2D eigenvalue weighted by Crippen LogP contribution is -2.30. The zero-order chi connectivity index (χ0) is 18.4. The van der Waals surface area contributed by atoms with Crippen molar-refractivity contribution < 1.29 is 19.1 Å². The van der Waals surface area contributed by atoms with Crippen LogP contribution >= 0.6 is 23.2 Å². The van der Waals surface area contributed by atoms with Gasteiger partial charge < -0.3 is 14.8 Å². The molecular weight excluding hydrogens is 365 g/mol. The Hall–Kier alpha value is -2.24. The number of halogens is 2. The second kappa shape index (κ2) is 8.74. The molecule has 5 nitrogen and oxygen atoms in total. The van der Waals surface area contributed by atoms with Gasteiger partial charge in [0, 0.05) is 5.02 Å². The first kappa shape index (κ1) is 19.1. The van der Waals surface area contributed by atoms with Crippen molar-refractivity contribution in [3.63, 3.8) is 0 Å². The number of rotatable bonds is 6. The molecule has 0 unspecified atom stereocenters. The average molecular weight is 382 g/mol. The molecule has 1 atom stereocenters. The van der Waals surface area contributed by atoms with E-state index in [1.165, 1.54) is 13.0 Å². The van der Waals surface area contributed by atoms with Gasteiger partial charge in [0.15, 0.2) is 6.10 Å². The van der Waals surface area contributed by atoms with Crippen LogP contribution in [0.4, 0.5) is 5.69 Å². The minimum Gasteiger partial charge on any atom is -0.497 e. The van der Waals surface area contributed by atoms with Crippen LogP contribution in [0.25, 0.3) is 0 Å². The van der Waals surface area contributed by atoms with Crippen molar-refractivity contribution in [1.29, 1.82) is 0 Å². The molecule has 132 valence electrons. The van der Waals surface area contributed by atoms with Gasteiger partial charge in [0.1, 0.15) is 5.75 Å². The lowest BCUT2D eigenvalue weighted by atomic mass is 10.1. The van der Waals surface area contributed by atoms with Crippen LogP contribution in [-0.4, -0.2) is 25.1 Å². The Bertz CT molecular complexity index is 762. The number of amides is 1. The van der Waals surface area contributed by atoms with Gasteiger partial charge in [-0.1, -0.05) is 35.3 Å². The summed E-state index contributed by atoms with van der Waals surface area (Å²) in [6, 6.07) is 11.7. The summed E-state index contributed by atoms with van der Waals surface area (Å²) in [5.74, 6) is -0.305. The van der Waals surface area contributed by atoms with E-state index in [1.54, 1.807) is 43.5 Å². The van der Waals surface area contributed by atoms with Gasteiger partial charge >= 0.3 is 5.97 Å². The van der Waals surface area contributed by atoms with Crippen molar-refractivity contribution >= 4 is 40.8 Å². The second-order valence-corrected chi connectivity index (χ2v) is 6.11. The summed E-state index contributed by atoms with van der Waals surface area (Å²) in [6.45, 7) is 1.49. The number of methoxy groups -OCH3 is 1. The van der Waals surface area contributed by atoms with Crippen LogP contribution in [0.3, 0.4) is 0 Å². The molecule has 0 bridgehead atoms. The fourth-order valence-electron chi connectivity index (χ4n) is 2.03. The van der Waals surface area contributed by atoms with Crippen LogP contribution in [0.1, 0.15) is 12.5 Å². The number of carbonyl (C=O) groups is 2. The Morgan fingerprint density at radius 3 is 2.44 bits per heavy atom. The third-order valence-electron chi connectivity index (χ3n) is 3.37. The molecule has 0 aliphatic carbocycles. The molecule has 2 aromatic carbocycles. The van der Waals surface area contributed by atoms with Crippen LogP contribution in [0.15, 0.2) is 42.5 Å². The summed E-state index contributed by atoms with van der Waals surface area (Å²) in [4.78, 5) is 24.1. The third-order valence-corrected chi connectivity index (χ3v) is 3.94. The van der Waals surface area contributed by atoms with Crippen molar-refractivity contribution in [1.82, 2.24) is 0 Å². The predicted octanol–water partition coefficient (Wildman–Crippen LogP) is 4.11. The molecule has 2 rings (SSSR count). The van der Waals surface area contributed by atoms with Crippen LogP contribution in [0.2, 0.25) is 10.0 Å². The highest BCUT2D eigenvalue weighted by atomic mass is 35.5. The van der Waals surface area contributed by atoms with Crippen LogP contribution in [0.5, 0.6) is 5.75 Å². The Kier molecular flexibility index (Phi) is 6.67. The number of hydrogen-bond donors (Lipinski definition) is 1. The van der Waals surface area contributed by atoms with E-state index in [4.69, 9.17) is 32.7 Å². The summed E-state index contributed by atoms with van der Waals surface area (Å²) in [7, 11) is 1.57. The van der Waals surface area contributed by atoms with Gasteiger partial charge in [-0.15, -0.1) is 0 Å². The summed E-state index contributed by atoms with van der Waals surface area (Å²) in [5.41, 5.74) is 1.12. The topological polar surface area (TPSA) is 64.6 Å². The maximum atomic E-state index is 12.1. The van der Waals surface area contributed by atoms with Gasteiger partial charge in [-0.2, -0.15) is 0 Å². The lowest BCUT2D eigenvalue weighted by molar-refractivity contribution is -0.152. The van der Waals surface area contributed by atoms with E-state index in [1.807, 2.05) is 0 Å². The van der Waals surface area contributed by atoms with E-state index in [-0.39, 0.29) is 6.42 Å². The monoisotopic (exact) mass is 381 g/mol. The summed E-state index contributed by atoms with van der Waals surface area (Å²) >= 11 is 11.9. The molecule has 0 radical (unpaired) electrons. The molecule has 0 saturated carbocycles. The van der Waals surface area contributed by atoms with Crippen LogP contribution in [0, 0.1) is 0 Å². The average Bonchev–Trinajstić information content (AvgIpc) is 2.58. The van der Waals surface area contributed by atoms with Crippen molar-refractivity contribution in [3.8, 4) is 5.75 Å². The van der Waals surface area contributed by atoms with Gasteiger partial charge in [-0.25, -0.2) is 0 Å².